The van der Waals surface area contributed by atoms with Gasteiger partial charge in [-0.3, -0.25) is 0 Å². The normalized spacial score (nSPS) is 15.8. The van der Waals surface area contributed by atoms with Gasteiger partial charge in [0, 0.05) is 17.1 Å². The van der Waals surface area contributed by atoms with Gasteiger partial charge in [0.2, 0.25) is 0 Å². The van der Waals surface area contributed by atoms with Crippen molar-refractivity contribution in [3.63, 3.8) is 0 Å². The van der Waals surface area contributed by atoms with Crippen LogP contribution in [0.3, 0.4) is 0 Å². The summed E-state index contributed by atoms with van der Waals surface area (Å²) in [4.78, 5) is 2.10. The van der Waals surface area contributed by atoms with Crippen LogP contribution in [0.25, 0.3) is 33.5 Å². The Bertz CT molecular complexity index is 2950. The number of allylic oxidation sites excluding steroid dienone is 4. The lowest BCUT2D eigenvalue weighted by Gasteiger charge is -2.35. The molecule has 56 heavy (non-hydrogen) atoms. The molecule has 1 aliphatic carbocycles. The largest absolute Gasteiger partial charge is 0.310 e. The molecule has 0 saturated carbocycles. The maximum Gasteiger partial charge on any atom is 0.0714 e. The van der Waals surface area contributed by atoms with E-state index in [9.17, 15) is 4.11 Å². The number of benzene rings is 8. The first kappa shape index (κ1) is 31.2. The predicted molar refractivity (Wildman–Crippen MR) is 239 cm³/mol. The molecular formula is C55H41N. The van der Waals surface area contributed by atoms with Gasteiger partial charge in [0.15, 0.2) is 0 Å². The highest BCUT2D eigenvalue weighted by Crippen LogP contribution is 2.57. The molecule has 0 spiro atoms. The Hall–Kier alpha value is -7.22. The lowest BCUT2D eigenvalue weighted by molar-refractivity contribution is 0.767. The maximum absolute atomic E-state index is 9.78. The summed E-state index contributed by atoms with van der Waals surface area (Å²) in [6.45, 7) is 8.44. The van der Waals surface area contributed by atoms with E-state index in [0.717, 1.165) is 66.7 Å². The molecule has 0 aliphatic heterocycles. The van der Waals surface area contributed by atoms with E-state index in [1.54, 1.807) is 12.1 Å². The summed E-state index contributed by atoms with van der Waals surface area (Å²) in [5, 5.41) is 2.17. The molecule has 0 fully saturated rings. The summed E-state index contributed by atoms with van der Waals surface area (Å²) in [7, 11) is 0. The zero-order valence-corrected chi connectivity index (χ0v) is 31.0. The number of fused-ring (bicyclic) bond motifs is 4. The van der Waals surface area contributed by atoms with Crippen LogP contribution in [0.2, 0.25) is 0 Å². The summed E-state index contributed by atoms with van der Waals surface area (Å²) in [6.07, 6.45) is 5.82. The van der Waals surface area contributed by atoms with Crippen LogP contribution in [0.4, 0.5) is 17.1 Å². The minimum atomic E-state index is -0.709. The number of nitrogens with zero attached hydrogens (tertiary/aromatic N) is 1. The predicted octanol–water partition coefficient (Wildman–Crippen LogP) is 14.5. The zero-order valence-electron chi connectivity index (χ0n) is 34.0. The topological polar surface area (TPSA) is 3.24 Å². The van der Waals surface area contributed by atoms with Crippen LogP contribution in [0.15, 0.2) is 237 Å². The molecule has 0 heterocycles. The van der Waals surface area contributed by atoms with Crippen molar-refractivity contribution in [1.82, 2.24) is 0 Å². The van der Waals surface area contributed by atoms with Gasteiger partial charge in [-0.2, -0.15) is 0 Å². The molecule has 0 amide bonds. The average Bonchev–Trinajstić information content (AvgIpc) is 3.58. The fourth-order valence-corrected chi connectivity index (χ4v) is 8.31. The Balaban J connectivity index is 1.31. The summed E-state index contributed by atoms with van der Waals surface area (Å²) >= 11 is 0. The highest BCUT2D eigenvalue weighted by Gasteiger charge is 2.46. The molecule has 1 heteroatoms. The Morgan fingerprint density at radius 3 is 1.95 bits per heavy atom. The van der Waals surface area contributed by atoms with Crippen molar-refractivity contribution in [2.24, 2.45) is 0 Å². The van der Waals surface area contributed by atoms with Gasteiger partial charge in [-0.1, -0.05) is 195 Å². The summed E-state index contributed by atoms with van der Waals surface area (Å²) < 4.78 is 28.9. The minimum absolute atomic E-state index is 0.219. The fraction of sp³-hybridized carbons (Fsp3) is 0.0182. The fourth-order valence-electron chi connectivity index (χ4n) is 8.31. The van der Waals surface area contributed by atoms with E-state index in [2.05, 4.69) is 121 Å². The second-order valence-electron chi connectivity index (χ2n) is 13.9. The minimum Gasteiger partial charge on any atom is -0.310 e. The van der Waals surface area contributed by atoms with Crippen LogP contribution < -0.4 is 4.90 Å². The van der Waals surface area contributed by atoms with Crippen molar-refractivity contribution in [3.05, 3.63) is 270 Å². The molecule has 0 saturated heterocycles. The van der Waals surface area contributed by atoms with Gasteiger partial charge in [0.05, 0.1) is 9.53 Å². The van der Waals surface area contributed by atoms with Crippen molar-refractivity contribution in [1.29, 1.82) is 0 Å². The third-order valence-electron chi connectivity index (χ3n) is 10.8. The van der Waals surface area contributed by atoms with Crippen LogP contribution in [-0.4, -0.2) is 0 Å². The summed E-state index contributed by atoms with van der Waals surface area (Å²) in [5.41, 5.74) is 10.9. The molecule has 0 aromatic heterocycles. The quantitative estimate of drug-likeness (QED) is 0.101. The van der Waals surface area contributed by atoms with Crippen molar-refractivity contribution >= 4 is 39.5 Å². The number of anilines is 3. The molecule has 0 N–H and O–H groups in total. The standard InChI is InChI=1S/C55H41N/c1-3-18-45(4-2)55(46-25-12-7-13-26-46)53-28-17-16-27-50(53)51-36-35-49(39-54(51)55)56(48-34-29-41-21-14-15-24-44(41)38-48)47-32-30-43(31-33-47)52(42-22-10-6-11-23-42)37-40-19-8-5-9-20-40/h3-39H,1-2H2/b45-18+,52-37+/i30D,33D,37D. The average molecular weight is 719 g/mol. The third-order valence-corrected chi connectivity index (χ3v) is 10.8. The second kappa shape index (κ2) is 14.9. The summed E-state index contributed by atoms with van der Waals surface area (Å²) in [5.74, 6) is 0. The van der Waals surface area contributed by atoms with Crippen molar-refractivity contribution in [2.45, 2.75) is 5.41 Å². The number of hydrogen-bond donors (Lipinski definition) is 0. The first-order valence-electron chi connectivity index (χ1n) is 20.4. The molecule has 1 nitrogen and oxygen atoms in total. The summed E-state index contributed by atoms with van der Waals surface area (Å²) in [6, 6.07) is 64.0. The lowest BCUT2D eigenvalue weighted by Crippen LogP contribution is -2.29. The molecule has 0 radical (unpaired) electrons. The Kier molecular flexibility index (Phi) is 8.29. The first-order chi connectivity index (χ1) is 28.9. The molecule has 1 aliphatic rings. The van der Waals surface area contributed by atoms with Gasteiger partial charge in [0.25, 0.3) is 0 Å². The van der Waals surface area contributed by atoms with Crippen LogP contribution >= 0.6 is 0 Å². The monoisotopic (exact) mass is 718 g/mol. The first-order valence-corrected chi connectivity index (χ1v) is 18.9. The van der Waals surface area contributed by atoms with Crippen molar-refractivity contribution in [2.75, 3.05) is 4.90 Å². The van der Waals surface area contributed by atoms with Crippen LogP contribution in [0.5, 0.6) is 0 Å². The third kappa shape index (κ3) is 6.00. The van der Waals surface area contributed by atoms with E-state index in [4.69, 9.17) is 0 Å². The number of rotatable bonds is 10. The second-order valence-corrected chi connectivity index (χ2v) is 13.9. The van der Waals surface area contributed by atoms with E-state index < -0.39 is 5.41 Å². The zero-order chi connectivity index (χ0) is 40.5. The molecule has 9 rings (SSSR count). The van der Waals surface area contributed by atoms with E-state index in [-0.39, 0.29) is 12.1 Å². The molecule has 266 valence electrons. The Labute approximate surface area is 334 Å². The molecule has 1 unspecified atom stereocenters. The molecule has 1 atom stereocenters. The van der Waals surface area contributed by atoms with E-state index >= 15 is 0 Å². The lowest BCUT2D eigenvalue weighted by atomic mass is 9.67. The van der Waals surface area contributed by atoms with Gasteiger partial charge < -0.3 is 4.90 Å². The Morgan fingerprint density at radius 1 is 0.536 bits per heavy atom. The SMILES string of the molecule is [2H]/C(=C(/c1ccccc1)c1cc([2H])c(N(c2ccc3c(c2)C(/C(C=C)=C/C=C)(c2ccccc2)c2ccccc2-3)c2ccc3ccccc3c2)cc1[2H])c1ccccc1. The van der Waals surface area contributed by atoms with Gasteiger partial charge >= 0.3 is 0 Å². The van der Waals surface area contributed by atoms with E-state index in [0.29, 0.717) is 22.9 Å². The van der Waals surface area contributed by atoms with Gasteiger partial charge in [-0.05, 0) is 109 Å². The van der Waals surface area contributed by atoms with E-state index in [1.165, 1.54) is 0 Å². The molecular weight excluding hydrogens is 675 g/mol. The van der Waals surface area contributed by atoms with Crippen LogP contribution in [-0.2, 0) is 5.41 Å². The van der Waals surface area contributed by atoms with Gasteiger partial charge in [-0.25, -0.2) is 0 Å². The smallest absolute Gasteiger partial charge is 0.0714 e. The number of hydrogen-bond acceptors (Lipinski definition) is 1. The van der Waals surface area contributed by atoms with Crippen LogP contribution in [0.1, 0.15) is 37.5 Å². The van der Waals surface area contributed by atoms with Gasteiger partial charge in [-0.15, -0.1) is 0 Å². The van der Waals surface area contributed by atoms with Crippen LogP contribution in [0, 0.1) is 0 Å². The highest BCUT2D eigenvalue weighted by molar-refractivity contribution is 5.94. The highest BCUT2D eigenvalue weighted by atomic mass is 15.1. The maximum atomic E-state index is 9.78. The van der Waals surface area contributed by atoms with Crippen molar-refractivity contribution < 1.29 is 4.11 Å². The van der Waals surface area contributed by atoms with Crippen molar-refractivity contribution in [3.8, 4) is 11.1 Å². The molecule has 0 bridgehead atoms. The molecule has 8 aromatic carbocycles. The van der Waals surface area contributed by atoms with Gasteiger partial charge in [0.1, 0.15) is 0 Å². The molecule has 8 aromatic rings. The van der Waals surface area contributed by atoms with E-state index in [1.807, 2.05) is 91.0 Å². The Morgan fingerprint density at radius 2 is 1.18 bits per heavy atom.